The molecule has 0 radical (unpaired) electrons. The molecule has 0 fully saturated rings. The van der Waals surface area contributed by atoms with Crippen molar-refractivity contribution in [1.29, 1.82) is 0 Å². The van der Waals surface area contributed by atoms with Crippen LogP contribution in [0.1, 0.15) is 47.0 Å². The van der Waals surface area contributed by atoms with Gasteiger partial charge in [0.1, 0.15) is 10.0 Å². The fourth-order valence-electron chi connectivity index (χ4n) is 3.09. The second kappa shape index (κ2) is 10.9. The number of carbonyl (C=O) groups excluding carboxylic acids is 1. The number of rotatable bonds is 11. The minimum absolute atomic E-state index is 0.0800. The van der Waals surface area contributed by atoms with Crippen LogP contribution in [0.25, 0.3) is 0 Å². The van der Waals surface area contributed by atoms with Crippen LogP contribution in [0.3, 0.4) is 0 Å². The molecular weight excluding hydrogens is 454 g/mol. The maximum absolute atomic E-state index is 13.3. The number of anilines is 2. The van der Waals surface area contributed by atoms with Gasteiger partial charge in [-0.05, 0) is 37.1 Å². The van der Waals surface area contributed by atoms with Crippen molar-refractivity contribution in [2.75, 3.05) is 17.2 Å². The fourth-order valence-corrected chi connectivity index (χ4v) is 5.29. The predicted molar refractivity (Wildman–Crippen MR) is 127 cm³/mol. The highest BCUT2D eigenvalue weighted by molar-refractivity contribution is 7.91. The summed E-state index contributed by atoms with van der Waals surface area (Å²) < 4.78 is 28.8. The van der Waals surface area contributed by atoms with Crippen LogP contribution in [-0.2, 0) is 21.4 Å². The number of aromatic amines is 1. The SMILES string of the molecule is CCCCn1c(N)c(N(CCC(C)C)C(=O)C(C)NS(=O)(=O)c2cccs2)c(=O)[nH]c1=O. The Morgan fingerprint density at radius 1 is 1.31 bits per heavy atom. The number of thiophene rings is 1. The number of nitrogens with two attached hydrogens (primary N) is 1. The highest BCUT2D eigenvalue weighted by Crippen LogP contribution is 2.21. The first-order chi connectivity index (χ1) is 15.0. The summed E-state index contributed by atoms with van der Waals surface area (Å²) >= 11 is 1.03. The van der Waals surface area contributed by atoms with Gasteiger partial charge in [0.05, 0.1) is 6.04 Å². The van der Waals surface area contributed by atoms with Crippen molar-refractivity contribution in [3.05, 3.63) is 38.4 Å². The number of amides is 1. The van der Waals surface area contributed by atoms with Gasteiger partial charge < -0.3 is 10.6 Å². The summed E-state index contributed by atoms with van der Waals surface area (Å²) in [5.74, 6) is -0.545. The van der Waals surface area contributed by atoms with Crippen LogP contribution in [0.4, 0.5) is 11.5 Å². The lowest BCUT2D eigenvalue weighted by atomic mass is 10.1. The summed E-state index contributed by atoms with van der Waals surface area (Å²) in [5.41, 5.74) is 4.61. The standard InChI is InChI=1S/C20H31N5O5S2/c1-5-6-10-25-17(21)16(18(26)22-20(25)28)24(11-9-13(2)3)19(27)14(4)23-32(29,30)15-8-7-12-31-15/h7-8,12-14,23H,5-6,9-11,21H2,1-4H3,(H,22,26,28). The predicted octanol–water partition coefficient (Wildman–Crippen LogP) is 1.73. The fraction of sp³-hybridized carbons (Fsp3) is 0.550. The number of aromatic nitrogens is 2. The second-order valence-electron chi connectivity index (χ2n) is 7.95. The molecule has 2 rings (SSSR count). The van der Waals surface area contributed by atoms with Crippen molar-refractivity contribution in [2.24, 2.45) is 5.92 Å². The van der Waals surface area contributed by atoms with Crippen molar-refractivity contribution in [3.8, 4) is 0 Å². The van der Waals surface area contributed by atoms with E-state index in [0.717, 1.165) is 17.8 Å². The minimum atomic E-state index is -3.91. The summed E-state index contributed by atoms with van der Waals surface area (Å²) in [5, 5.41) is 1.62. The van der Waals surface area contributed by atoms with Crippen LogP contribution < -0.4 is 26.6 Å². The van der Waals surface area contributed by atoms with Gasteiger partial charge in [-0.3, -0.25) is 19.1 Å². The third-order valence-corrected chi connectivity index (χ3v) is 7.82. The van der Waals surface area contributed by atoms with Gasteiger partial charge in [0.25, 0.3) is 15.6 Å². The number of nitrogens with one attached hydrogen (secondary N) is 2. The minimum Gasteiger partial charge on any atom is -0.383 e. The molecule has 1 amide bonds. The monoisotopic (exact) mass is 485 g/mol. The number of unbranched alkanes of at least 4 members (excludes halogenated alkanes) is 1. The van der Waals surface area contributed by atoms with Crippen molar-refractivity contribution in [1.82, 2.24) is 14.3 Å². The summed E-state index contributed by atoms with van der Waals surface area (Å²) in [6, 6.07) is 1.87. The number of H-pyrrole nitrogens is 1. The number of hydrogen-bond acceptors (Lipinski definition) is 7. The van der Waals surface area contributed by atoms with Gasteiger partial charge in [-0.1, -0.05) is 33.3 Å². The molecule has 0 saturated heterocycles. The number of nitrogen functional groups attached to an aromatic ring is 1. The third-order valence-electron chi connectivity index (χ3n) is 4.88. The molecule has 2 aromatic heterocycles. The molecule has 4 N–H and O–H groups in total. The highest BCUT2D eigenvalue weighted by atomic mass is 32.2. The van der Waals surface area contributed by atoms with Crippen LogP contribution in [0.2, 0.25) is 0 Å². The average Bonchev–Trinajstić information content (AvgIpc) is 3.25. The van der Waals surface area contributed by atoms with Gasteiger partial charge in [0, 0.05) is 13.1 Å². The Balaban J connectivity index is 2.47. The van der Waals surface area contributed by atoms with Crippen molar-refractivity contribution in [3.63, 3.8) is 0 Å². The smallest absolute Gasteiger partial charge is 0.330 e. The van der Waals surface area contributed by atoms with Crippen LogP contribution in [0.5, 0.6) is 0 Å². The molecule has 0 aliphatic rings. The van der Waals surface area contributed by atoms with E-state index in [0.29, 0.717) is 12.8 Å². The Labute approximate surface area is 191 Å². The van der Waals surface area contributed by atoms with E-state index < -0.39 is 33.2 Å². The zero-order valence-electron chi connectivity index (χ0n) is 18.8. The van der Waals surface area contributed by atoms with E-state index in [1.165, 1.54) is 22.5 Å². The van der Waals surface area contributed by atoms with E-state index in [9.17, 15) is 22.8 Å². The third kappa shape index (κ3) is 6.08. The molecule has 32 heavy (non-hydrogen) atoms. The largest absolute Gasteiger partial charge is 0.383 e. The maximum atomic E-state index is 13.3. The second-order valence-corrected chi connectivity index (χ2v) is 10.8. The first kappa shape index (κ1) is 25.8. The van der Waals surface area contributed by atoms with Gasteiger partial charge in [-0.25, -0.2) is 13.2 Å². The first-order valence-electron chi connectivity index (χ1n) is 10.5. The first-order valence-corrected chi connectivity index (χ1v) is 12.9. The number of hydrogen-bond donors (Lipinski definition) is 3. The highest BCUT2D eigenvalue weighted by Gasteiger charge is 2.30. The topological polar surface area (TPSA) is 147 Å². The quantitative estimate of drug-likeness (QED) is 0.441. The van der Waals surface area contributed by atoms with Crippen molar-refractivity contribution in [2.45, 2.75) is 63.8 Å². The molecule has 0 aromatic carbocycles. The van der Waals surface area contributed by atoms with E-state index in [1.54, 1.807) is 11.4 Å². The van der Waals surface area contributed by atoms with E-state index in [4.69, 9.17) is 5.73 Å². The molecule has 1 unspecified atom stereocenters. The molecule has 0 saturated carbocycles. The molecular formula is C20H31N5O5S2. The molecule has 12 heteroatoms. The Kier molecular flexibility index (Phi) is 8.81. The van der Waals surface area contributed by atoms with Crippen LogP contribution in [0, 0.1) is 5.92 Å². The molecule has 1 atom stereocenters. The lowest BCUT2D eigenvalue weighted by Crippen LogP contribution is -2.50. The Hall–Kier alpha value is -2.44. The summed E-state index contributed by atoms with van der Waals surface area (Å²) in [6.07, 6.45) is 2.01. The molecule has 0 aliphatic carbocycles. The van der Waals surface area contributed by atoms with E-state index in [2.05, 4.69) is 9.71 Å². The zero-order chi connectivity index (χ0) is 24.1. The van der Waals surface area contributed by atoms with Gasteiger partial charge >= 0.3 is 5.69 Å². The lowest BCUT2D eigenvalue weighted by Gasteiger charge is -2.28. The molecule has 178 valence electrons. The molecule has 0 spiro atoms. The lowest BCUT2D eigenvalue weighted by molar-refractivity contribution is -0.119. The maximum Gasteiger partial charge on any atom is 0.330 e. The number of sulfonamides is 1. The molecule has 2 heterocycles. The van der Waals surface area contributed by atoms with Crippen molar-refractivity contribution < 1.29 is 13.2 Å². The molecule has 0 aliphatic heterocycles. The summed E-state index contributed by atoms with van der Waals surface area (Å²) in [4.78, 5) is 41.7. The Bertz CT molecular complexity index is 1140. The molecule has 0 bridgehead atoms. The van der Waals surface area contributed by atoms with Gasteiger partial charge in [-0.2, -0.15) is 4.72 Å². The Morgan fingerprint density at radius 2 is 2.00 bits per heavy atom. The average molecular weight is 486 g/mol. The van der Waals surface area contributed by atoms with Gasteiger partial charge in [-0.15, -0.1) is 11.3 Å². The normalized spacial score (nSPS) is 12.8. The van der Waals surface area contributed by atoms with Crippen LogP contribution in [0.15, 0.2) is 31.3 Å². The Morgan fingerprint density at radius 3 is 2.56 bits per heavy atom. The van der Waals surface area contributed by atoms with E-state index in [-0.39, 0.29) is 34.7 Å². The molecule has 10 nitrogen and oxygen atoms in total. The molecule has 2 aromatic rings. The van der Waals surface area contributed by atoms with Crippen LogP contribution >= 0.6 is 11.3 Å². The van der Waals surface area contributed by atoms with Crippen LogP contribution in [-0.4, -0.2) is 36.5 Å². The number of carbonyl (C=O) groups is 1. The van der Waals surface area contributed by atoms with E-state index >= 15 is 0 Å². The number of nitrogens with zero attached hydrogens (tertiary/aromatic N) is 2. The van der Waals surface area contributed by atoms with Crippen molar-refractivity contribution >= 4 is 38.8 Å². The zero-order valence-corrected chi connectivity index (χ0v) is 20.4. The van der Waals surface area contributed by atoms with Gasteiger partial charge in [0.15, 0.2) is 5.69 Å². The summed E-state index contributed by atoms with van der Waals surface area (Å²) in [7, 11) is -3.91. The van der Waals surface area contributed by atoms with E-state index in [1.807, 2.05) is 20.8 Å². The van der Waals surface area contributed by atoms with Gasteiger partial charge in [0.2, 0.25) is 5.91 Å². The summed E-state index contributed by atoms with van der Waals surface area (Å²) in [6.45, 7) is 7.71.